The minimum atomic E-state index is -1.33. The van der Waals surface area contributed by atoms with Crippen molar-refractivity contribution in [3.8, 4) is 51.2 Å². The molecule has 6 nitrogen and oxygen atoms in total. The highest BCUT2D eigenvalue weighted by atomic mass is 19.2. The molecule has 1 aromatic heterocycles. The van der Waals surface area contributed by atoms with Crippen molar-refractivity contribution < 1.29 is 41.6 Å². The summed E-state index contributed by atoms with van der Waals surface area (Å²) in [7, 11) is 0. The largest absolute Gasteiger partial charge is 0.507 e. The van der Waals surface area contributed by atoms with Crippen molar-refractivity contribution in [2.24, 2.45) is 0 Å². The van der Waals surface area contributed by atoms with Gasteiger partial charge in [0, 0.05) is 34.7 Å². The van der Waals surface area contributed by atoms with E-state index in [0.29, 0.717) is 40.5 Å². The smallest absolute Gasteiger partial charge is 0.231 e. The lowest BCUT2D eigenvalue weighted by Crippen LogP contribution is -1.93. The normalized spacial score (nSPS) is 13.9. The Morgan fingerprint density at radius 2 is 1.26 bits per heavy atom. The fourth-order valence-electron chi connectivity index (χ4n) is 3.77. The van der Waals surface area contributed by atoms with E-state index in [1.165, 1.54) is 12.1 Å². The van der Waals surface area contributed by atoms with E-state index in [9.17, 15) is 18.3 Å². The van der Waals surface area contributed by atoms with Gasteiger partial charge in [0.2, 0.25) is 13.6 Å². The van der Waals surface area contributed by atoms with Gasteiger partial charge in [-0.05, 0) is 18.2 Å². The Labute approximate surface area is 171 Å². The Kier molecular flexibility index (Phi) is 3.59. The lowest BCUT2D eigenvalue weighted by atomic mass is 9.96. The van der Waals surface area contributed by atoms with Crippen LogP contribution in [0, 0.1) is 17.5 Å². The molecule has 0 unspecified atom stereocenters. The average molecular weight is 428 g/mol. The first-order chi connectivity index (χ1) is 15.0. The van der Waals surface area contributed by atoms with Crippen LogP contribution in [0.1, 0.15) is 0 Å². The Morgan fingerprint density at radius 1 is 0.645 bits per heavy atom. The van der Waals surface area contributed by atoms with Gasteiger partial charge < -0.3 is 28.5 Å². The topological polar surface area (TPSA) is 70.3 Å². The zero-order valence-electron chi connectivity index (χ0n) is 15.5. The zero-order chi connectivity index (χ0) is 21.3. The van der Waals surface area contributed by atoms with Crippen LogP contribution in [0.2, 0.25) is 0 Å². The van der Waals surface area contributed by atoms with Gasteiger partial charge in [0.15, 0.2) is 34.6 Å². The predicted molar refractivity (Wildman–Crippen MR) is 101 cm³/mol. The van der Waals surface area contributed by atoms with Crippen LogP contribution in [-0.4, -0.2) is 18.7 Å². The van der Waals surface area contributed by atoms with Crippen LogP contribution in [0.4, 0.5) is 13.2 Å². The molecule has 3 aromatic carbocycles. The summed E-state index contributed by atoms with van der Waals surface area (Å²) in [5.74, 6) is -2.37. The molecule has 0 amide bonds. The molecular weight excluding hydrogens is 417 g/mol. The molecule has 0 spiro atoms. The summed E-state index contributed by atoms with van der Waals surface area (Å²) in [6.07, 6.45) is 0. The number of benzene rings is 3. The highest BCUT2D eigenvalue weighted by Gasteiger charge is 2.28. The first-order valence-corrected chi connectivity index (χ1v) is 9.13. The molecule has 1 N–H and O–H groups in total. The van der Waals surface area contributed by atoms with E-state index in [2.05, 4.69) is 0 Å². The maximum Gasteiger partial charge on any atom is 0.231 e. The van der Waals surface area contributed by atoms with E-state index in [1.807, 2.05) is 0 Å². The van der Waals surface area contributed by atoms with E-state index in [1.54, 1.807) is 12.1 Å². The fraction of sp³-hybridized carbons (Fsp3) is 0.0909. The Morgan fingerprint density at radius 3 is 2.00 bits per heavy atom. The number of phenolic OH excluding ortho intramolecular Hbond substituents is 1. The second-order valence-electron chi connectivity index (χ2n) is 6.98. The molecule has 0 fully saturated rings. The van der Waals surface area contributed by atoms with Crippen molar-refractivity contribution in [2.75, 3.05) is 13.6 Å². The SMILES string of the molecule is Oc1cc2c(cc1-c1c(-c3cc(F)c(F)cc3F)oc3cc4c(cc13)OCO4)OCO2. The van der Waals surface area contributed by atoms with Gasteiger partial charge in [-0.1, -0.05) is 0 Å². The summed E-state index contributed by atoms with van der Waals surface area (Å²) >= 11 is 0. The third-order valence-electron chi connectivity index (χ3n) is 5.20. The summed E-state index contributed by atoms with van der Waals surface area (Å²) in [4.78, 5) is 0. The van der Waals surface area contributed by atoms with Crippen LogP contribution in [0.3, 0.4) is 0 Å². The van der Waals surface area contributed by atoms with Crippen LogP contribution >= 0.6 is 0 Å². The molecule has 3 heterocycles. The Hall–Kier alpha value is -4.01. The van der Waals surface area contributed by atoms with E-state index >= 15 is 0 Å². The van der Waals surface area contributed by atoms with Crippen LogP contribution in [0.25, 0.3) is 33.4 Å². The standard InChI is InChI=1S/C22H11F3O6/c23-12-4-14(25)13(24)1-9(12)22-21(10-2-17-19(5-15(10)26)29-7-27-17)11-3-18-20(30-8-28-18)6-16(11)31-22/h1-6,26H,7-8H2. The van der Waals surface area contributed by atoms with E-state index in [-0.39, 0.29) is 47.4 Å². The summed E-state index contributed by atoms with van der Waals surface area (Å²) in [6, 6.07) is 7.17. The van der Waals surface area contributed by atoms with E-state index in [0.717, 1.165) is 0 Å². The van der Waals surface area contributed by atoms with Gasteiger partial charge in [0.1, 0.15) is 22.9 Å². The minimum Gasteiger partial charge on any atom is -0.507 e. The predicted octanol–water partition coefficient (Wildman–Crippen LogP) is 5.35. The summed E-state index contributed by atoms with van der Waals surface area (Å²) < 4.78 is 69.5. The third kappa shape index (κ3) is 2.59. The Balaban J connectivity index is 1.69. The van der Waals surface area contributed by atoms with Crippen LogP contribution in [0.15, 0.2) is 40.8 Å². The highest BCUT2D eigenvalue weighted by Crippen LogP contribution is 2.50. The maximum absolute atomic E-state index is 14.7. The number of rotatable bonds is 2. The highest BCUT2D eigenvalue weighted by molar-refractivity contribution is 6.04. The average Bonchev–Trinajstić information content (AvgIpc) is 3.45. The van der Waals surface area contributed by atoms with Crippen molar-refractivity contribution >= 4 is 11.0 Å². The number of halogens is 3. The molecule has 0 atom stereocenters. The summed E-state index contributed by atoms with van der Waals surface area (Å²) in [5, 5.41) is 11.1. The van der Waals surface area contributed by atoms with Crippen molar-refractivity contribution in [3.05, 3.63) is 53.8 Å². The first kappa shape index (κ1) is 17.8. The van der Waals surface area contributed by atoms with Gasteiger partial charge in [0.25, 0.3) is 0 Å². The number of fused-ring (bicyclic) bond motifs is 3. The molecule has 2 aliphatic heterocycles. The van der Waals surface area contributed by atoms with E-state index in [4.69, 9.17) is 23.4 Å². The lowest BCUT2D eigenvalue weighted by molar-refractivity contribution is 0.173. The maximum atomic E-state index is 14.7. The summed E-state index contributed by atoms with van der Waals surface area (Å²) in [6.45, 7) is 0.00487. The molecule has 6 rings (SSSR count). The molecule has 156 valence electrons. The fourth-order valence-corrected chi connectivity index (χ4v) is 3.77. The van der Waals surface area contributed by atoms with Crippen LogP contribution in [0.5, 0.6) is 28.7 Å². The molecule has 2 aliphatic rings. The zero-order valence-corrected chi connectivity index (χ0v) is 15.5. The van der Waals surface area contributed by atoms with E-state index < -0.39 is 17.5 Å². The molecule has 0 aliphatic carbocycles. The minimum absolute atomic E-state index is 0.0201. The van der Waals surface area contributed by atoms with Crippen molar-refractivity contribution in [2.45, 2.75) is 0 Å². The van der Waals surface area contributed by atoms with Gasteiger partial charge in [-0.15, -0.1) is 0 Å². The first-order valence-electron chi connectivity index (χ1n) is 9.13. The monoisotopic (exact) mass is 428 g/mol. The van der Waals surface area contributed by atoms with Gasteiger partial charge in [-0.3, -0.25) is 0 Å². The number of ether oxygens (including phenoxy) is 4. The van der Waals surface area contributed by atoms with Crippen LogP contribution < -0.4 is 18.9 Å². The van der Waals surface area contributed by atoms with Crippen molar-refractivity contribution in [3.63, 3.8) is 0 Å². The third-order valence-corrected chi connectivity index (χ3v) is 5.20. The molecule has 0 bridgehead atoms. The number of hydrogen-bond donors (Lipinski definition) is 1. The lowest BCUT2D eigenvalue weighted by Gasteiger charge is -2.09. The van der Waals surface area contributed by atoms with Gasteiger partial charge in [-0.2, -0.15) is 0 Å². The molecule has 0 radical (unpaired) electrons. The quantitative estimate of drug-likeness (QED) is 0.434. The van der Waals surface area contributed by atoms with Crippen molar-refractivity contribution in [1.29, 1.82) is 0 Å². The molecule has 0 saturated carbocycles. The second-order valence-corrected chi connectivity index (χ2v) is 6.98. The molecule has 9 heteroatoms. The molecule has 0 saturated heterocycles. The van der Waals surface area contributed by atoms with Crippen molar-refractivity contribution in [1.82, 2.24) is 0 Å². The van der Waals surface area contributed by atoms with Gasteiger partial charge >= 0.3 is 0 Å². The summed E-state index contributed by atoms with van der Waals surface area (Å²) in [5.41, 5.74) is 0.426. The number of phenols is 1. The number of furan rings is 1. The number of hydrogen-bond acceptors (Lipinski definition) is 6. The Bertz CT molecular complexity index is 1390. The second kappa shape index (κ2) is 6.24. The van der Waals surface area contributed by atoms with Crippen LogP contribution in [-0.2, 0) is 0 Å². The molecule has 4 aromatic rings. The molecule has 31 heavy (non-hydrogen) atoms. The van der Waals surface area contributed by atoms with Gasteiger partial charge in [0.05, 0.1) is 5.56 Å². The number of aromatic hydroxyl groups is 1. The molecular formula is C22H11F3O6. The van der Waals surface area contributed by atoms with Gasteiger partial charge in [-0.25, -0.2) is 13.2 Å².